The van der Waals surface area contributed by atoms with E-state index in [2.05, 4.69) is 26.2 Å². The van der Waals surface area contributed by atoms with Crippen molar-refractivity contribution in [1.29, 1.82) is 0 Å². The zero-order valence-electron chi connectivity index (χ0n) is 15.2. The number of imidazole rings is 1. The van der Waals surface area contributed by atoms with Gasteiger partial charge in [0.05, 0.1) is 19.5 Å². The molecule has 2 aromatic heterocycles. The molecule has 4 heterocycles. The van der Waals surface area contributed by atoms with E-state index in [9.17, 15) is 13.9 Å². The number of terminal acetylenes is 1. The first-order valence-electron chi connectivity index (χ1n) is 8.68. The van der Waals surface area contributed by atoms with Crippen molar-refractivity contribution < 1.29 is 28.1 Å². The van der Waals surface area contributed by atoms with Gasteiger partial charge in [-0.05, 0) is 19.8 Å². The largest absolute Gasteiger partial charge is 0.394 e. The molecule has 2 aliphatic rings. The van der Waals surface area contributed by atoms with Gasteiger partial charge in [-0.25, -0.2) is 23.7 Å². The predicted molar refractivity (Wildman–Crippen MR) is 92.6 cm³/mol. The minimum atomic E-state index is -2.57. The number of anilines is 1. The molecule has 0 aliphatic carbocycles. The summed E-state index contributed by atoms with van der Waals surface area (Å²) in [4.78, 5) is 12.6. The average molecular weight is 395 g/mol. The molecule has 0 radical (unpaired) electrons. The van der Waals surface area contributed by atoms with E-state index in [0.717, 1.165) is 0 Å². The van der Waals surface area contributed by atoms with E-state index in [4.69, 9.17) is 20.6 Å². The molecule has 0 amide bonds. The number of nitrogens with one attached hydrogen (secondary N) is 1. The van der Waals surface area contributed by atoms with Crippen molar-refractivity contribution in [2.45, 2.75) is 50.6 Å². The summed E-state index contributed by atoms with van der Waals surface area (Å²) in [5, 5.41) is 12.2. The maximum atomic E-state index is 12.6. The third-order valence-electron chi connectivity index (χ3n) is 4.55. The zero-order valence-corrected chi connectivity index (χ0v) is 15.2. The predicted octanol–water partition coefficient (Wildman–Crippen LogP) is 0.894. The van der Waals surface area contributed by atoms with E-state index in [1.807, 2.05) is 0 Å². The van der Waals surface area contributed by atoms with Crippen molar-refractivity contribution in [1.82, 2.24) is 19.5 Å². The van der Waals surface area contributed by atoms with Crippen molar-refractivity contribution in [3.63, 3.8) is 0 Å². The van der Waals surface area contributed by atoms with Crippen LogP contribution in [0.5, 0.6) is 0 Å². The fraction of sp³-hybridized carbons (Fsp3) is 0.588. The second-order valence-corrected chi connectivity index (χ2v) is 6.95. The van der Waals surface area contributed by atoms with Crippen LogP contribution in [0.4, 0.5) is 14.6 Å². The van der Waals surface area contributed by atoms with Gasteiger partial charge in [0.1, 0.15) is 18.3 Å². The molecule has 0 bridgehead atoms. The topological polar surface area (TPSA) is 104 Å². The van der Waals surface area contributed by atoms with Crippen LogP contribution in [0, 0.1) is 12.3 Å². The molecule has 0 saturated carbocycles. The summed E-state index contributed by atoms with van der Waals surface area (Å²) in [5.41, 5.74) is 0.570. The fourth-order valence-corrected chi connectivity index (χ4v) is 3.49. The SMILES string of the molecule is C#Cc1nc(NCC(F)F)c2ncn([C@@H]3O[C@H](CO)[C@H]4OC(C)(C)O[C@H]43)c2n1. The van der Waals surface area contributed by atoms with E-state index in [1.54, 1.807) is 18.4 Å². The molecular weight excluding hydrogens is 376 g/mol. The van der Waals surface area contributed by atoms with Crippen molar-refractivity contribution in [2.24, 2.45) is 0 Å². The molecule has 11 heteroatoms. The number of hydrogen-bond acceptors (Lipinski definition) is 8. The smallest absolute Gasteiger partial charge is 0.255 e. The summed E-state index contributed by atoms with van der Waals surface area (Å²) in [7, 11) is 0. The first-order chi connectivity index (χ1) is 13.3. The van der Waals surface area contributed by atoms with Crippen LogP contribution in [-0.2, 0) is 14.2 Å². The second kappa shape index (κ2) is 6.89. The minimum absolute atomic E-state index is 0.0168. The lowest BCUT2D eigenvalue weighted by Crippen LogP contribution is -2.31. The summed E-state index contributed by atoms with van der Waals surface area (Å²) in [6.45, 7) is 2.68. The molecule has 28 heavy (non-hydrogen) atoms. The zero-order chi connectivity index (χ0) is 20.1. The molecule has 2 saturated heterocycles. The van der Waals surface area contributed by atoms with Crippen molar-refractivity contribution >= 4 is 17.0 Å². The molecule has 4 atom stereocenters. The number of alkyl halides is 2. The van der Waals surface area contributed by atoms with Gasteiger partial charge in [-0.1, -0.05) is 0 Å². The van der Waals surface area contributed by atoms with Gasteiger partial charge in [0.15, 0.2) is 29.0 Å². The summed E-state index contributed by atoms with van der Waals surface area (Å²) in [6, 6.07) is 0. The highest BCUT2D eigenvalue weighted by Gasteiger charge is 2.56. The van der Waals surface area contributed by atoms with Crippen LogP contribution in [0.15, 0.2) is 6.33 Å². The molecular formula is C17H19F2N5O4. The number of aliphatic hydroxyl groups is 1. The maximum Gasteiger partial charge on any atom is 0.255 e. The number of halogens is 2. The van der Waals surface area contributed by atoms with Crippen LogP contribution >= 0.6 is 0 Å². The van der Waals surface area contributed by atoms with E-state index in [-0.39, 0.29) is 23.8 Å². The number of nitrogens with zero attached hydrogens (tertiary/aromatic N) is 4. The van der Waals surface area contributed by atoms with Crippen LogP contribution in [0.3, 0.4) is 0 Å². The molecule has 2 aliphatic heterocycles. The highest BCUT2D eigenvalue weighted by Crippen LogP contribution is 2.43. The lowest BCUT2D eigenvalue weighted by atomic mass is 10.1. The number of hydrogen-bond donors (Lipinski definition) is 2. The third-order valence-corrected chi connectivity index (χ3v) is 4.55. The Morgan fingerprint density at radius 3 is 2.79 bits per heavy atom. The van der Waals surface area contributed by atoms with Crippen LogP contribution < -0.4 is 5.32 Å². The molecule has 0 aromatic carbocycles. The molecule has 0 unspecified atom stereocenters. The standard InChI is InChI=1S/C17H19F2N5O4/c1-4-10-22-14(20-5-9(18)19)11-15(23-10)24(7-21-11)16-13-12(8(6-25)26-16)27-17(2,3)28-13/h1,7-9,12-13,16,25H,5-6H2,2-3H3,(H,20,22,23)/t8-,12-,13-,16-/m1/s1. The third kappa shape index (κ3) is 3.18. The van der Waals surface area contributed by atoms with Crippen LogP contribution in [0.1, 0.15) is 25.9 Å². The molecule has 0 spiro atoms. The monoisotopic (exact) mass is 395 g/mol. The highest BCUT2D eigenvalue weighted by atomic mass is 19.3. The van der Waals surface area contributed by atoms with Gasteiger partial charge < -0.3 is 24.6 Å². The van der Waals surface area contributed by atoms with Crippen LogP contribution in [-0.4, -0.2) is 68.3 Å². The second-order valence-electron chi connectivity index (χ2n) is 6.95. The molecule has 2 fully saturated rings. The molecule has 150 valence electrons. The van der Waals surface area contributed by atoms with E-state index in [0.29, 0.717) is 5.65 Å². The Balaban J connectivity index is 1.75. The molecule has 2 aromatic rings. The van der Waals surface area contributed by atoms with Gasteiger partial charge in [0.25, 0.3) is 6.43 Å². The van der Waals surface area contributed by atoms with E-state index in [1.165, 1.54) is 6.33 Å². The molecule has 2 N–H and O–H groups in total. The maximum absolute atomic E-state index is 12.6. The lowest BCUT2D eigenvalue weighted by Gasteiger charge is -2.24. The van der Waals surface area contributed by atoms with Gasteiger partial charge in [-0.3, -0.25) is 4.57 Å². The number of fused-ring (bicyclic) bond motifs is 2. The molecule has 4 rings (SSSR count). The van der Waals surface area contributed by atoms with Gasteiger partial charge in [-0.15, -0.1) is 6.42 Å². The summed E-state index contributed by atoms with van der Waals surface area (Å²) in [6.07, 6.45) is 1.99. The van der Waals surface area contributed by atoms with Gasteiger partial charge >= 0.3 is 0 Å². The Labute approximate surface area is 159 Å². The van der Waals surface area contributed by atoms with Gasteiger partial charge in [-0.2, -0.15) is 0 Å². The Morgan fingerprint density at radius 1 is 1.36 bits per heavy atom. The first-order valence-corrected chi connectivity index (χ1v) is 8.68. The van der Waals surface area contributed by atoms with Crippen molar-refractivity contribution in [3.05, 3.63) is 12.2 Å². The van der Waals surface area contributed by atoms with Crippen LogP contribution in [0.25, 0.3) is 11.2 Å². The normalized spacial score (nSPS) is 28.6. The molecule has 9 nitrogen and oxygen atoms in total. The van der Waals surface area contributed by atoms with Crippen LogP contribution in [0.2, 0.25) is 0 Å². The Bertz CT molecular complexity index is 928. The Kier molecular flexibility index (Phi) is 4.67. The number of aromatic nitrogens is 4. The van der Waals surface area contributed by atoms with Crippen molar-refractivity contribution in [2.75, 3.05) is 18.5 Å². The summed E-state index contributed by atoms with van der Waals surface area (Å²) >= 11 is 0. The van der Waals surface area contributed by atoms with Gasteiger partial charge in [0, 0.05) is 0 Å². The minimum Gasteiger partial charge on any atom is -0.394 e. The van der Waals surface area contributed by atoms with Gasteiger partial charge in [0.2, 0.25) is 5.82 Å². The number of rotatable bonds is 5. The van der Waals surface area contributed by atoms with E-state index < -0.39 is 43.3 Å². The highest BCUT2D eigenvalue weighted by molar-refractivity contribution is 5.83. The fourth-order valence-electron chi connectivity index (χ4n) is 3.49. The summed E-state index contributed by atoms with van der Waals surface area (Å²) in [5.74, 6) is 1.59. The first kappa shape index (κ1) is 18.9. The van der Waals surface area contributed by atoms with E-state index >= 15 is 0 Å². The Hall–Kier alpha value is -2.39. The average Bonchev–Trinajstić information content (AvgIpc) is 3.29. The number of ether oxygens (including phenoxy) is 3. The quantitative estimate of drug-likeness (QED) is 0.720. The number of aliphatic hydroxyl groups excluding tert-OH is 1. The summed E-state index contributed by atoms with van der Waals surface area (Å²) < 4.78 is 44.5. The Morgan fingerprint density at radius 2 is 2.11 bits per heavy atom. The van der Waals surface area contributed by atoms with Crippen molar-refractivity contribution in [3.8, 4) is 12.3 Å². The lowest BCUT2D eigenvalue weighted by molar-refractivity contribution is -0.199.